The molecule has 8 heteroatoms. The molecule has 3 aromatic rings. The minimum atomic E-state index is -0.492. The van der Waals surface area contributed by atoms with Gasteiger partial charge in [-0.25, -0.2) is 4.90 Å². The molecule has 0 unspecified atom stereocenters. The second-order valence-corrected chi connectivity index (χ2v) is 8.97. The van der Waals surface area contributed by atoms with E-state index >= 15 is 0 Å². The van der Waals surface area contributed by atoms with Crippen molar-refractivity contribution in [1.29, 1.82) is 0 Å². The van der Waals surface area contributed by atoms with Crippen LogP contribution in [0.4, 0.5) is 11.4 Å². The summed E-state index contributed by atoms with van der Waals surface area (Å²) in [7, 11) is 1.47. The van der Waals surface area contributed by atoms with Gasteiger partial charge in [-0.3, -0.25) is 9.59 Å². The van der Waals surface area contributed by atoms with Crippen LogP contribution < -0.4 is 15.0 Å². The third-order valence-electron chi connectivity index (χ3n) is 4.74. The van der Waals surface area contributed by atoms with E-state index in [1.54, 1.807) is 36.4 Å². The first-order chi connectivity index (χ1) is 15.4. The van der Waals surface area contributed by atoms with Crippen LogP contribution in [0.5, 0.6) is 5.75 Å². The fourth-order valence-corrected chi connectivity index (χ4v) is 4.48. The van der Waals surface area contributed by atoms with Gasteiger partial charge in [0.2, 0.25) is 0 Å². The number of nitrogens with zero attached hydrogens (tertiary/aromatic N) is 1. The van der Waals surface area contributed by atoms with Crippen LogP contribution in [0.15, 0.2) is 82.2 Å². The van der Waals surface area contributed by atoms with Crippen molar-refractivity contribution in [3.63, 3.8) is 0 Å². The zero-order valence-corrected chi connectivity index (χ0v) is 19.5. The Morgan fingerprint density at radius 2 is 1.62 bits per heavy atom. The van der Waals surface area contributed by atoms with Crippen molar-refractivity contribution in [3.05, 3.63) is 92.9 Å². The molecule has 2 amide bonds. The molecule has 0 bridgehead atoms. The van der Waals surface area contributed by atoms with Gasteiger partial charge >= 0.3 is 0 Å². The summed E-state index contributed by atoms with van der Waals surface area (Å²) in [6.07, 6.45) is 0. The number of rotatable bonds is 6. The summed E-state index contributed by atoms with van der Waals surface area (Å²) in [6, 6.07) is 19.4. The molecule has 32 heavy (non-hydrogen) atoms. The molecule has 1 N–H and O–H groups in total. The SMILES string of the molecule is COc1ccc(Cl)cc1N1C(=O)C(Nc2cccc(C)c2)=C(Sc2ccc(Cl)cc2)C1=O. The predicted molar refractivity (Wildman–Crippen MR) is 130 cm³/mol. The molecule has 0 atom stereocenters. The number of nitrogens with one attached hydrogen (secondary N) is 1. The number of methoxy groups -OCH3 is 1. The molecule has 1 heterocycles. The fraction of sp³-hybridized carbons (Fsp3) is 0.0833. The molecule has 1 aliphatic rings. The number of thioether (sulfide) groups is 1. The molecule has 0 spiro atoms. The van der Waals surface area contributed by atoms with Crippen LogP contribution in [0.2, 0.25) is 10.0 Å². The molecule has 162 valence electrons. The molecule has 0 fully saturated rings. The molecular weight excluding hydrogens is 467 g/mol. The molecule has 0 aromatic heterocycles. The molecule has 1 aliphatic heterocycles. The number of amides is 2. The number of carbonyl (C=O) groups excluding carboxylic acids is 2. The number of ether oxygens (including phenoxy) is 1. The van der Waals surface area contributed by atoms with Gasteiger partial charge in [0, 0.05) is 20.6 Å². The quantitative estimate of drug-likeness (QED) is 0.416. The van der Waals surface area contributed by atoms with Gasteiger partial charge in [0.25, 0.3) is 11.8 Å². The second kappa shape index (κ2) is 9.28. The van der Waals surface area contributed by atoms with Crippen LogP contribution in [0.25, 0.3) is 0 Å². The molecule has 3 aromatic carbocycles. The van der Waals surface area contributed by atoms with E-state index < -0.39 is 11.8 Å². The van der Waals surface area contributed by atoms with Crippen LogP contribution in [-0.4, -0.2) is 18.9 Å². The first-order valence-corrected chi connectivity index (χ1v) is 11.2. The minimum Gasteiger partial charge on any atom is -0.495 e. The number of hydrogen-bond acceptors (Lipinski definition) is 5. The summed E-state index contributed by atoms with van der Waals surface area (Å²) < 4.78 is 5.38. The van der Waals surface area contributed by atoms with Crippen molar-refractivity contribution in [2.24, 2.45) is 0 Å². The van der Waals surface area contributed by atoms with Crippen molar-refractivity contribution in [1.82, 2.24) is 0 Å². The number of benzene rings is 3. The van der Waals surface area contributed by atoms with Crippen LogP contribution in [0, 0.1) is 6.92 Å². The lowest BCUT2D eigenvalue weighted by Crippen LogP contribution is -2.32. The highest BCUT2D eigenvalue weighted by Crippen LogP contribution is 2.41. The monoisotopic (exact) mass is 484 g/mol. The average Bonchev–Trinajstić information content (AvgIpc) is 2.99. The predicted octanol–water partition coefficient (Wildman–Crippen LogP) is 6.30. The van der Waals surface area contributed by atoms with Crippen molar-refractivity contribution >= 4 is 58.2 Å². The zero-order chi connectivity index (χ0) is 22.8. The molecular formula is C24H18Cl2N2O3S. The van der Waals surface area contributed by atoms with E-state index in [4.69, 9.17) is 27.9 Å². The van der Waals surface area contributed by atoms with Crippen molar-refractivity contribution in [3.8, 4) is 5.75 Å². The van der Waals surface area contributed by atoms with E-state index in [1.165, 1.54) is 24.9 Å². The maximum atomic E-state index is 13.5. The number of imide groups is 1. The van der Waals surface area contributed by atoms with Crippen LogP contribution >= 0.6 is 35.0 Å². The Bertz CT molecular complexity index is 1240. The molecule has 5 nitrogen and oxygen atoms in total. The summed E-state index contributed by atoms with van der Waals surface area (Å²) in [5.74, 6) is -0.594. The topological polar surface area (TPSA) is 58.6 Å². The highest BCUT2D eigenvalue weighted by atomic mass is 35.5. The average molecular weight is 485 g/mol. The molecule has 4 rings (SSSR count). The summed E-state index contributed by atoms with van der Waals surface area (Å²) in [6.45, 7) is 1.95. The lowest BCUT2D eigenvalue weighted by Gasteiger charge is -2.18. The maximum absolute atomic E-state index is 13.5. The van der Waals surface area contributed by atoms with Gasteiger partial charge in [-0.15, -0.1) is 0 Å². The summed E-state index contributed by atoms with van der Waals surface area (Å²) >= 11 is 13.3. The third kappa shape index (κ3) is 4.48. The Morgan fingerprint density at radius 3 is 2.31 bits per heavy atom. The summed E-state index contributed by atoms with van der Waals surface area (Å²) in [5.41, 5.74) is 2.19. The molecule has 0 saturated heterocycles. The zero-order valence-electron chi connectivity index (χ0n) is 17.2. The van der Waals surface area contributed by atoms with E-state index in [1.807, 2.05) is 31.2 Å². The van der Waals surface area contributed by atoms with Gasteiger partial charge in [-0.05, 0) is 67.1 Å². The van der Waals surface area contributed by atoms with Crippen molar-refractivity contribution in [2.45, 2.75) is 11.8 Å². The Labute approximate surface area is 200 Å². The van der Waals surface area contributed by atoms with Crippen LogP contribution in [0.3, 0.4) is 0 Å². The Kier molecular flexibility index (Phi) is 6.46. The van der Waals surface area contributed by atoms with Gasteiger partial charge in [0.15, 0.2) is 0 Å². The molecule has 0 saturated carbocycles. The normalized spacial score (nSPS) is 13.7. The second-order valence-electron chi connectivity index (χ2n) is 7.02. The van der Waals surface area contributed by atoms with E-state index in [2.05, 4.69) is 5.32 Å². The first kappa shape index (κ1) is 22.3. The van der Waals surface area contributed by atoms with Crippen molar-refractivity contribution in [2.75, 3.05) is 17.3 Å². The van der Waals surface area contributed by atoms with Crippen LogP contribution in [-0.2, 0) is 9.59 Å². The largest absolute Gasteiger partial charge is 0.495 e. The third-order valence-corrected chi connectivity index (χ3v) is 6.32. The smallest absolute Gasteiger partial charge is 0.283 e. The molecule has 0 radical (unpaired) electrons. The number of aryl methyl sites for hydroxylation is 1. The van der Waals surface area contributed by atoms with Gasteiger partial charge in [-0.1, -0.05) is 47.1 Å². The van der Waals surface area contributed by atoms with E-state index in [0.717, 1.165) is 15.4 Å². The number of anilines is 2. The lowest BCUT2D eigenvalue weighted by molar-refractivity contribution is -0.120. The fourth-order valence-electron chi connectivity index (χ4n) is 3.26. The van der Waals surface area contributed by atoms with Crippen molar-refractivity contribution < 1.29 is 14.3 Å². The minimum absolute atomic E-state index is 0.183. The molecule has 0 aliphatic carbocycles. The van der Waals surface area contributed by atoms with Gasteiger partial charge in [-0.2, -0.15) is 0 Å². The maximum Gasteiger partial charge on any atom is 0.283 e. The summed E-state index contributed by atoms with van der Waals surface area (Å²) in [4.78, 5) is 29.1. The van der Waals surface area contributed by atoms with Gasteiger partial charge < -0.3 is 10.1 Å². The van der Waals surface area contributed by atoms with Gasteiger partial charge in [0.05, 0.1) is 12.8 Å². The Morgan fingerprint density at radius 1 is 0.906 bits per heavy atom. The number of carbonyl (C=O) groups is 2. The lowest BCUT2D eigenvalue weighted by atomic mass is 10.2. The number of hydrogen-bond donors (Lipinski definition) is 1. The van der Waals surface area contributed by atoms with E-state index in [-0.39, 0.29) is 16.3 Å². The number of halogens is 2. The first-order valence-electron chi connectivity index (χ1n) is 9.61. The standard InChI is InChI=1S/C24H18Cl2N2O3S/c1-14-4-3-5-17(12-14)27-21-22(32-18-9-6-15(25)7-10-18)24(30)28(23(21)29)19-13-16(26)8-11-20(19)31-2/h3-13,27H,1-2H3. The van der Waals surface area contributed by atoms with E-state index in [0.29, 0.717) is 21.5 Å². The highest BCUT2D eigenvalue weighted by molar-refractivity contribution is 8.04. The highest BCUT2D eigenvalue weighted by Gasteiger charge is 2.41. The van der Waals surface area contributed by atoms with Gasteiger partial charge in [0.1, 0.15) is 16.4 Å². The summed E-state index contributed by atoms with van der Waals surface area (Å²) in [5, 5.41) is 4.11. The van der Waals surface area contributed by atoms with E-state index in [9.17, 15) is 9.59 Å². The Balaban J connectivity index is 1.79. The van der Waals surface area contributed by atoms with Crippen LogP contribution in [0.1, 0.15) is 5.56 Å². The Hall–Kier alpha value is -2.93.